The molecule has 1 N–H and O–H groups in total. The molecular formula is C34H58O3. The van der Waals surface area contributed by atoms with Crippen molar-refractivity contribution in [3.63, 3.8) is 0 Å². The molecule has 1 heterocycles. The molecule has 212 valence electrons. The lowest BCUT2D eigenvalue weighted by molar-refractivity contribution is -0.178. The first kappa shape index (κ1) is 33.6. The molecule has 0 aliphatic carbocycles. The minimum Gasteiger partial charge on any atom is -0.393 e. The van der Waals surface area contributed by atoms with Crippen molar-refractivity contribution in [1.82, 2.24) is 0 Å². The molecule has 37 heavy (non-hydrogen) atoms. The van der Waals surface area contributed by atoms with E-state index in [2.05, 4.69) is 88.5 Å². The summed E-state index contributed by atoms with van der Waals surface area (Å²) in [6, 6.07) is 0. The topological polar surface area (TPSA) is 38.7 Å². The summed E-state index contributed by atoms with van der Waals surface area (Å²) in [7, 11) is 0. The van der Waals surface area contributed by atoms with Gasteiger partial charge in [0.25, 0.3) is 0 Å². The average Bonchev–Trinajstić information content (AvgIpc) is 2.89. The van der Waals surface area contributed by atoms with Crippen LogP contribution in [-0.2, 0) is 9.47 Å². The number of aliphatic hydroxyl groups excluding tert-OH is 1. The monoisotopic (exact) mass is 514 g/mol. The summed E-state index contributed by atoms with van der Waals surface area (Å²) in [5, 5.41) is 10.6. The van der Waals surface area contributed by atoms with Gasteiger partial charge in [-0.25, -0.2) is 0 Å². The summed E-state index contributed by atoms with van der Waals surface area (Å²) >= 11 is 0. The Morgan fingerprint density at radius 2 is 1.41 bits per heavy atom. The lowest BCUT2D eigenvalue weighted by Gasteiger charge is -2.32. The predicted octanol–water partition coefficient (Wildman–Crippen LogP) is 9.64. The first-order valence-corrected chi connectivity index (χ1v) is 15.1. The lowest BCUT2D eigenvalue weighted by Crippen LogP contribution is -2.31. The zero-order valence-electron chi connectivity index (χ0n) is 24.6. The molecule has 0 amide bonds. The van der Waals surface area contributed by atoms with Crippen LogP contribution in [0.25, 0.3) is 0 Å². The Labute approximate surface area is 229 Å². The molecule has 0 spiro atoms. The third kappa shape index (κ3) is 20.2. The molecular weight excluding hydrogens is 456 g/mol. The van der Waals surface area contributed by atoms with E-state index in [1.807, 2.05) is 0 Å². The molecule has 1 aliphatic rings. The maximum atomic E-state index is 10.6. The van der Waals surface area contributed by atoms with Crippen LogP contribution >= 0.6 is 0 Å². The van der Waals surface area contributed by atoms with Gasteiger partial charge in [-0.2, -0.15) is 0 Å². The van der Waals surface area contributed by atoms with E-state index in [1.165, 1.54) is 32.1 Å². The van der Waals surface area contributed by atoms with Crippen LogP contribution in [0.5, 0.6) is 0 Å². The highest BCUT2D eigenvalue weighted by Crippen LogP contribution is 2.30. The van der Waals surface area contributed by atoms with Crippen molar-refractivity contribution in [2.75, 3.05) is 13.2 Å². The number of aliphatic hydroxyl groups is 1. The van der Waals surface area contributed by atoms with Crippen LogP contribution in [0, 0.1) is 11.3 Å². The van der Waals surface area contributed by atoms with Crippen LogP contribution in [-0.4, -0.2) is 30.7 Å². The van der Waals surface area contributed by atoms with E-state index >= 15 is 0 Å². The second-order valence-corrected chi connectivity index (χ2v) is 11.4. The quantitative estimate of drug-likeness (QED) is 0.122. The van der Waals surface area contributed by atoms with Gasteiger partial charge in [-0.05, 0) is 88.4 Å². The molecule has 0 radical (unpaired) electrons. The second kappa shape index (κ2) is 22.6. The molecule has 1 rings (SSSR count). The number of hydrogen-bond donors (Lipinski definition) is 1. The van der Waals surface area contributed by atoms with Crippen LogP contribution in [0.2, 0.25) is 0 Å². The first-order chi connectivity index (χ1) is 17.9. The van der Waals surface area contributed by atoms with Crippen molar-refractivity contribution in [2.24, 2.45) is 11.3 Å². The molecule has 3 unspecified atom stereocenters. The molecule has 0 bridgehead atoms. The van der Waals surface area contributed by atoms with Crippen LogP contribution in [0.1, 0.15) is 118 Å². The number of allylic oxidation sites excluding steroid dienone is 10. The van der Waals surface area contributed by atoms with Gasteiger partial charge in [0, 0.05) is 6.61 Å². The molecule has 0 aromatic carbocycles. The van der Waals surface area contributed by atoms with E-state index in [4.69, 9.17) is 9.47 Å². The number of rotatable bonds is 21. The van der Waals surface area contributed by atoms with Gasteiger partial charge >= 0.3 is 0 Å². The smallest absolute Gasteiger partial charge is 0.157 e. The number of unbranched alkanes of at least 4 members (excludes halogenated alkanes) is 3. The van der Waals surface area contributed by atoms with Gasteiger partial charge in [0.15, 0.2) is 6.29 Å². The standard InChI is InChI=1S/C34H58O3/c1-5-6-7-8-9-10-11-12-13-14-15-16-17-18-19-20-21-22-23-26-32(35)31(2)29-34(3,4)30-37-33-27-24-25-28-36-33/h9-10,12-13,15-16,18-19,21-22,31-33,35H,5-8,11,14,17,20,23-30H2,1-4H3/b10-9-,13-12-,16-15-,19-18-,22-21-. The van der Waals surface area contributed by atoms with E-state index < -0.39 is 0 Å². The Balaban J connectivity index is 2.05. The Morgan fingerprint density at radius 1 is 0.838 bits per heavy atom. The van der Waals surface area contributed by atoms with Gasteiger partial charge in [-0.1, -0.05) is 101 Å². The third-order valence-corrected chi connectivity index (χ3v) is 6.85. The van der Waals surface area contributed by atoms with E-state index in [0.717, 1.165) is 64.4 Å². The minimum atomic E-state index is -0.272. The average molecular weight is 515 g/mol. The largest absolute Gasteiger partial charge is 0.393 e. The molecule has 1 saturated heterocycles. The Hall–Kier alpha value is -1.42. The Morgan fingerprint density at radius 3 is 1.95 bits per heavy atom. The van der Waals surface area contributed by atoms with Crippen molar-refractivity contribution in [2.45, 2.75) is 130 Å². The summed E-state index contributed by atoms with van der Waals surface area (Å²) in [6.07, 6.45) is 37.3. The van der Waals surface area contributed by atoms with Gasteiger partial charge in [0.2, 0.25) is 0 Å². The highest BCUT2D eigenvalue weighted by atomic mass is 16.7. The molecule has 0 saturated carbocycles. The Bertz CT molecular complexity index is 665. The summed E-state index contributed by atoms with van der Waals surface area (Å²) < 4.78 is 11.7. The molecule has 0 aromatic rings. The molecule has 0 aromatic heterocycles. The highest BCUT2D eigenvalue weighted by molar-refractivity contribution is 5.00. The fourth-order valence-corrected chi connectivity index (χ4v) is 4.61. The molecule has 1 aliphatic heterocycles. The summed E-state index contributed by atoms with van der Waals surface area (Å²) in [5.74, 6) is 0.257. The first-order valence-electron chi connectivity index (χ1n) is 15.1. The van der Waals surface area contributed by atoms with Gasteiger partial charge in [-0.15, -0.1) is 0 Å². The van der Waals surface area contributed by atoms with Gasteiger partial charge in [-0.3, -0.25) is 0 Å². The van der Waals surface area contributed by atoms with E-state index in [1.54, 1.807) is 0 Å². The Kier molecular flexibility index (Phi) is 20.5. The zero-order chi connectivity index (χ0) is 27.0. The number of hydrogen-bond acceptors (Lipinski definition) is 3. The normalized spacial score (nSPS) is 19.3. The van der Waals surface area contributed by atoms with Gasteiger partial charge in [0.05, 0.1) is 12.7 Å². The highest BCUT2D eigenvalue weighted by Gasteiger charge is 2.27. The van der Waals surface area contributed by atoms with Crippen molar-refractivity contribution < 1.29 is 14.6 Å². The van der Waals surface area contributed by atoms with Crippen molar-refractivity contribution in [1.29, 1.82) is 0 Å². The van der Waals surface area contributed by atoms with Crippen molar-refractivity contribution >= 4 is 0 Å². The van der Waals surface area contributed by atoms with Crippen molar-refractivity contribution in [3.8, 4) is 0 Å². The van der Waals surface area contributed by atoms with E-state index in [9.17, 15) is 5.11 Å². The van der Waals surface area contributed by atoms with Gasteiger partial charge in [0.1, 0.15) is 0 Å². The minimum absolute atomic E-state index is 0.0389. The maximum absolute atomic E-state index is 10.6. The molecule has 3 heteroatoms. The van der Waals surface area contributed by atoms with Crippen LogP contribution in [0.3, 0.4) is 0 Å². The zero-order valence-corrected chi connectivity index (χ0v) is 24.6. The fraction of sp³-hybridized carbons (Fsp3) is 0.706. The van der Waals surface area contributed by atoms with Crippen molar-refractivity contribution in [3.05, 3.63) is 60.8 Å². The third-order valence-electron chi connectivity index (χ3n) is 6.85. The molecule has 1 fully saturated rings. The maximum Gasteiger partial charge on any atom is 0.157 e. The SMILES string of the molecule is CCCCC/C=C\C/C=C\C/C=C\C/C=C\C/C=C\CCC(O)C(C)CC(C)(C)COC1CCCCO1. The van der Waals surface area contributed by atoms with E-state index in [-0.39, 0.29) is 23.7 Å². The van der Waals surface area contributed by atoms with Gasteiger partial charge < -0.3 is 14.6 Å². The fourth-order valence-electron chi connectivity index (χ4n) is 4.61. The summed E-state index contributed by atoms with van der Waals surface area (Å²) in [5.41, 5.74) is 0.0392. The molecule has 3 nitrogen and oxygen atoms in total. The summed E-state index contributed by atoms with van der Waals surface area (Å²) in [4.78, 5) is 0. The lowest BCUT2D eigenvalue weighted by atomic mass is 9.81. The van der Waals surface area contributed by atoms with Crippen LogP contribution in [0.4, 0.5) is 0 Å². The predicted molar refractivity (Wildman–Crippen MR) is 161 cm³/mol. The second-order valence-electron chi connectivity index (χ2n) is 11.4. The number of ether oxygens (including phenoxy) is 2. The van der Waals surface area contributed by atoms with Crippen LogP contribution in [0.15, 0.2) is 60.8 Å². The van der Waals surface area contributed by atoms with Crippen LogP contribution < -0.4 is 0 Å². The van der Waals surface area contributed by atoms with E-state index in [0.29, 0.717) is 6.61 Å². The molecule has 3 atom stereocenters. The summed E-state index contributed by atoms with van der Waals surface area (Å²) in [6.45, 7) is 10.4.